The number of nitrogens with one attached hydrogen (secondary N) is 1. The average molecular weight is 398 g/mol. The molecule has 0 spiro atoms. The summed E-state index contributed by atoms with van der Waals surface area (Å²) < 4.78 is 0. The number of rotatable bonds is 4. The van der Waals surface area contributed by atoms with E-state index in [-0.39, 0.29) is 11.8 Å². The molecule has 4 rings (SSSR count). The van der Waals surface area contributed by atoms with Gasteiger partial charge in [-0.15, -0.1) is 11.3 Å². The number of fused-ring (bicyclic) bond motifs is 1. The van der Waals surface area contributed by atoms with Crippen molar-refractivity contribution < 1.29 is 14.4 Å². The molecule has 1 aliphatic heterocycles. The molecule has 2 heterocycles. The van der Waals surface area contributed by atoms with Gasteiger partial charge in [-0.2, -0.15) is 0 Å². The van der Waals surface area contributed by atoms with E-state index < -0.39 is 5.91 Å². The van der Waals surface area contributed by atoms with Gasteiger partial charge in [0.05, 0.1) is 5.56 Å². The average Bonchev–Trinajstić information content (AvgIpc) is 3.24. The summed E-state index contributed by atoms with van der Waals surface area (Å²) in [6, 6.07) is 6.98. The molecule has 7 heteroatoms. The van der Waals surface area contributed by atoms with Crippen molar-refractivity contribution in [3.63, 3.8) is 0 Å². The van der Waals surface area contributed by atoms with Crippen LogP contribution in [0.5, 0.6) is 0 Å². The maximum Gasteiger partial charge on any atom is 0.256 e. The number of amides is 3. The van der Waals surface area contributed by atoms with Gasteiger partial charge in [0.1, 0.15) is 5.00 Å². The zero-order valence-electron chi connectivity index (χ0n) is 15.8. The third-order valence-corrected chi connectivity index (χ3v) is 6.67. The van der Waals surface area contributed by atoms with E-state index in [1.165, 1.54) is 11.3 Å². The van der Waals surface area contributed by atoms with Gasteiger partial charge in [0.15, 0.2) is 0 Å². The normalized spacial score (nSPS) is 18.8. The van der Waals surface area contributed by atoms with Gasteiger partial charge in [-0.1, -0.05) is 6.92 Å². The molecule has 1 atom stereocenters. The number of hydrogen-bond acceptors (Lipinski definition) is 4. The number of anilines is 2. The molecule has 0 radical (unpaired) electrons. The first-order valence-electron chi connectivity index (χ1n) is 9.60. The molecule has 2 aliphatic rings. The zero-order valence-corrected chi connectivity index (χ0v) is 16.6. The van der Waals surface area contributed by atoms with Crippen molar-refractivity contribution in [3.8, 4) is 0 Å². The van der Waals surface area contributed by atoms with Gasteiger partial charge < -0.3 is 16.0 Å². The Morgan fingerprint density at radius 2 is 1.96 bits per heavy atom. The predicted octanol–water partition coefficient (Wildman–Crippen LogP) is 3.35. The molecule has 1 aromatic carbocycles. The second-order valence-corrected chi connectivity index (χ2v) is 8.68. The maximum atomic E-state index is 12.7. The molecule has 1 unspecified atom stereocenters. The molecule has 1 saturated heterocycles. The minimum Gasteiger partial charge on any atom is -0.365 e. The second kappa shape index (κ2) is 7.39. The number of nitrogens with two attached hydrogens (primary N) is 1. The monoisotopic (exact) mass is 397 g/mol. The van der Waals surface area contributed by atoms with Crippen molar-refractivity contribution in [2.45, 2.75) is 39.0 Å². The lowest BCUT2D eigenvalue weighted by Crippen LogP contribution is -2.23. The summed E-state index contributed by atoms with van der Waals surface area (Å²) in [6.45, 7) is 2.91. The van der Waals surface area contributed by atoms with E-state index in [0.717, 1.165) is 41.8 Å². The smallest absolute Gasteiger partial charge is 0.256 e. The number of thiophene rings is 1. The Hall–Kier alpha value is -2.67. The number of benzene rings is 1. The van der Waals surface area contributed by atoms with Crippen LogP contribution in [0.3, 0.4) is 0 Å². The van der Waals surface area contributed by atoms with Crippen LogP contribution in [0.4, 0.5) is 10.7 Å². The van der Waals surface area contributed by atoms with E-state index >= 15 is 0 Å². The molecule has 1 fully saturated rings. The van der Waals surface area contributed by atoms with Gasteiger partial charge >= 0.3 is 0 Å². The van der Waals surface area contributed by atoms with E-state index in [1.807, 2.05) is 0 Å². The Bertz CT molecular complexity index is 949. The second-order valence-electron chi connectivity index (χ2n) is 7.57. The van der Waals surface area contributed by atoms with Crippen LogP contribution >= 0.6 is 11.3 Å². The minimum atomic E-state index is -0.495. The van der Waals surface area contributed by atoms with Gasteiger partial charge in [-0.3, -0.25) is 14.4 Å². The van der Waals surface area contributed by atoms with Crippen molar-refractivity contribution in [1.82, 2.24) is 0 Å². The largest absolute Gasteiger partial charge is 0.365 e. The lowest BCUT2D eigenvalue weighted by Gasteiger charge is -2.18. The van der Waals surface area contributed by atoms with Crippen molar-refractivity contribution in [1.29, 1.82) is 0 Å². The Balaban J connectivity index is 1.55. The summed E-state index contributed by atoms with van der Waals surface area (Å²) in [5, 5.41) is 3.41. The third-order valence-electron chi connectivity index (χ3n) is 5.50. The fraction of sp³-hybridized carbons (Fsp3) is 0.381. The molecule has 1 aliphatic carbocycles. The van der Waals surface area contributed by atoms with E-state index in [2.05, 4.69) is 12.2 Å². The molecule has 3 N–H and O–H groups in total. The lowest BCUT2D eigenvalue weighted by atomic mass is 9.88. The Labute approximate surface area is 167 Å². The van der Waals surface area contributed by atoms with Crippen molar-refractivity contribution >= 4 is 39.7 Å². The molecular weight excluding hydrogens is 374 g/mol. The van der Waals surface area contributed by atoms with Gasteiger partial charge in [-0.05, 0) is 61.4 Å². The molecule has 0 saturated carbocycles. The number of carbonyl (C=O) groups is 3. The van der Waals surface area contributed by atoms with Crippen LogP contribution < -0.4 is 16.0 Å². The summed E-state index contributed by atoms with van der Waals surface area (Å²) in [4.78, 5) is 39.5. The first-order chi connectivity index (χ1) is 13.4. The predicted molar refractivity (Wildman–Crippen MR) is 110 cm³/mol. The highest BCUT2D eigenvalue weighted by molar-refractivity contribution is 7.17. The Kier molecular flexibility index (Phi) is 4.93. The van der Waals surface area contributed by atoms with Crippen LogP contribution in [-0.2, 0) is 17.6 Å². The standard InChI is InChI=1S/C21H23N3O3S/c1-12-4-9-15-16(11-12)28-21(18(15)19(22)26)23-20(27)13-5-7-14(8-6-13)24-10-2-3-17(24)25/h5-8,12H,2-4,9-11H2,1H3,(H2,22,26)(H,23,27). The van der Waals surface area contributed by atoms with E-state index in [0.29, 0.717) is 35.0 Å². The lowest BCUT2D eigenvalue weighted by molar-refractivity contribution is -0.117. The highest BCUT2D eigenvalue weighted by atomic mass is 32.1. The Morgan fingerprint density at radius 1 is 1.21 bits per heavy atom. The van der Waals surface area contributed by atoms with Crippen LogP contribution in [0.25, 0.3) is 0 Å². The minimum absolute atomic E-state index is 0.113. The number of primary amides is 1. The highest BCUT2D eigenvalue weighted by Gasteiger charge is 2.27. The van der Waals surface area contributed by atoms with Crippen LogP contribution in [-0.4, -0.2) is 24.3 Å². The number of carbonyl (C=O) groups excluding carboxylic acids is 3. The molecule has 1 aromatic heterocycles. The fourth-order valence-electron chi connectivity index (χ4n) is 3.99. The summed E-state index contributed by atoms with van der Waals surface area (Å²) in [7, 11) is 0. The zero-order chi connectivity index (χ0) is 19.8. The van der Waals surface area contributed by atoms with Crippen molar-refractivity contribution in [2.75, 3.05) is 16.8 Å². The Morgan fingerprint density at radius 3 is 2.61 bits per heavy atom. The quantitative estimate of drug-likeness (QED) is 0.829. The summed E-state index contributed by atoms with van der Waals surface area (Å²) >= 11 is 1.46. The SMILES string of the molecule is CC1CCc2c(sc(NC(=O)c3ccc(N4CCCC4=O)cc3)c2C(N)=O)C1. The van der Waals surface area contributed by atoms with E-state index in [9.17, 15) is 14.4 Å². The third kappa shape index (κ3) is 3.42. The fourth-order valence-corrected chi connectivity index (χ4v) is 5.40. The van der Waals surface area contributed by atoms with Crippen LogP contribution in [0.1, 0.15) is 57.3 Å². The molecular formula is C21H23N3O3S. The summed E-state index contributed by atoms with van der Waals surface area (Å²) in [5.74, 6) is -0.100. The van der Waals surface area contributed by atoms with Crippen LogP contribution in [0, 0.1) is 5.92 Å². The van der Waals surface area contributed by atoms with Crippen LogP contribution in [0.15, 0.2) is 24.3 Å². The number of hydrogen-bond donors (Lipinski definition) is 2. The first-order valence-corrected chi connectivity index (χ1v) is 10.4. The van der Waals surface area contributed by atoms with E-state index in [4.69, 9.17) is 5.73 Å². The van der Waals surface area contributed by atoms with Gasteiger partial charge in [0.25, 0.3) is 11.8 Å². The molecule has 28 heavy (non-hydrogen) atoms. The highest BCUT2D eigenvalue weighted by Crippen LogP contribution is 2.39. The molecule has 2 aromatic rings. The molecule has 3 amide bonds. The van der Waals surface area contributed by atoms with Gasteiger partial charge in [-0.25, -0.2) is 0 Å². The molecule has 146 valence electrons. The van der Waals surface area contributed by atoms with Crippen molar-refractivity contribution in [3.05, 3.63) is 45.8 Å². The molecule has 0 bridgehead atoms. The first kappa shape index (κ1) is 18.7. The van der Waals surface area contributed by atoms with Gasteiger partial charge in [0.2, 0.25) is 5.91 Å². The summed E-state index contributed by atoms with van der Waals surface area (Å²) in [5.41, 5.74) is 8.35. The summed E-state index contributed by atoms with van der Waals surface area (Å²) in [6.07, 6.45) is 4.18. The van der Waals surface area contributed by atoms with Gasteiger partial charge in [0, 0.05) is 29.1 Å². The maximum absolute atomic E-state index is 12.7. The molecule has 6 nitrogen and oxygen atoms in total. The van der Waals surface area contributed by atoms with Crippen LogP contribution in [0.2, 0.25) is 0 Å². The topological polar surface area (TPSA) is 92.5 Å². The van der Waals surface area contributed by atoms with E-state index in [1.54, 1.807) is 29.2 Å². The number of nitrogens with zero attached hydrogens (tertiary/aromatic N) is 1. The van der Waals surface area contributed by atoms with Crippen molar-refractivity contribution in [2.24, 2.45) is 11.7 Å².